The molecule has 2 heterocycles. The fourth-order valence-electron chi connectivity index (χ4n) is 3.60. The number of hydrogen-bond donors (Lipinski definition) is 1. The van der Waals surface area contributed by atoms with E-state index in [0.717, 1.165) is 64.1 Å². The van der Waals surface area contributed by atoms with Crippen LogP contribution in [-0.4, -0.2) is 78.1 Å². The van der Waals surface area contributed by atoms with Crippen LogP contribution >= 0.6 is 24.0 Å². The zero-order valence-electron chi connectivity index (χ0n) is 18.9. The van der Waals surface area contributed by atoms with E-state index in [2.05, 4.69) is 81.2 Å². The summed E-state index contributed by atoms with van der Waals surface area (Å²) in [5, 5.41) is 3.46. The molecule has 1 aliphatic rings. The van der Waals surface area contributed by atoms with Crippen LogP contribution in [-0.2, 0) is 6.54 Å². The maximum Gasteiger partial charge on any atom is 0.225 e. The summed E-state index contributed by atoms with van der Waals surface area (Å²) in [6, 6.07) is 13.0. The number of anilines is 1. The highest BCUT2D eigenvalue weighted by Gasteiger charge is 2.21. The van der Waals surface area contributed by atoms with Crippen LogP contribution in [0, 0.1) is 0 Å². The van der Waals surface area contributed by atoms with E-state index in [1.807, 2.05) is 6.07 Å². The topological polar surface area (TPSA) is 59.9 Å². The monoisotopic (exact) mass is 537 g/mol. The zero-order chi connectivity index (χ0) is 21.2. The molecule has 3 rings (SSSR count). The summed E-state index contributed by atoms with van der Waals surface area (Å²) in [5.74, 6) is 1.83. The summed E-state index contributed by atoms with van der Waals surface area (Å²) >= 11 is 0. The third kappa shape index (κ3) is 7.92. The number of nitrogens with zero attached hydrogens (tertiary/aromatic N) is 6. The molecule has 1 aromatic carbocycles. The number of aromatic nitrogens is 2. The van der Waals surface area contributed by atoms with Gasteiger partial charge in [-0.3, -0.25) is 9.89 Å². The van der Waals surface area contributed by atoms with Crippen molar-refractivity contribution in [2.75, 3.05) is 51.2 Å². The highest BCUT2D eigenvalue weighted by Crippen LogP contribution is 2.11. The lowest BCUT2D eigenvalue weighted by molar-refractivity contribution is 0.240. The molecule has 1 aliphatic heterocycles. The molecule has 1 atom stereocenters. The number of benzene rings is 1. The largest absolute Gasteiger partial charge is 0.357 e. The second kappa shape index (κ2) is 13.5. The minimum absolute atomic E-state index is 0. The average molecular weight is 537 g/mol. The van der Waals surface area contributed by atoms with Gasteiger partial charge in [-0.05, 0) is 38.9 Å². The van der Waals surface area contributed by atoms with Gasteiger partial charge in [-0.25, -0.2) is 9.97 Å². The van der Waals surface area contributed by atoms with E-state index in [1.165, 1.54) is 5.56 Å². The lowest BCUT2D eigenvalue weighted by atomic mass is 10.1. The van der Waals surface area contributed by atoms with Gasteiger partial charge in [-0.1, -0.05) is 30.3 Å². The van der Waals surface area contributed by atoms with E-state index >= 15 is 0 Å². The summed E-state index contributed by atoms with van der Waals surface area (Å²) in [4.78, 5) is 20.6. The lowest BCUT2D eigenvalue weighted by Gasteiger charge is -2.36. The van der Waals surface area contributed by atoms with Gasteiger partial charge in [-0.2, -0.15) is 0 Å². The van der Waals surface area contributed by atoms with Crippen molar-refractivity contribution in [2.45, 2.75) is 32.9 Å². The SMILES string of the molecule is CCNC(=NCCC(C)N(C)Cc1ccccc1)N1CCN(c2ncccn2)CC1.I. The Morgan fingerprint density at radius 3 is 2.42 bits per heavy atom. The first-order chi connectivity index (χ1) is 14.7. The summed E-state index contributed by atoms with van der Waals surface area (Å²) < 4.78 is 0. The van der Waals surface area contributed by atoms with Crippen molar-refractivity contribution in [2.24, 2.45) is 4.99 Å². The van der Waals surface area contributed by atoms with Crippen molar-refractivity contribution in [1.82, 2.24) is 25.1 Å². The molecule has 2 aromatic rings. The summed E-state index contributed by atoms with van der Waals surface area (Å²) in [5.41, 5.74) is 1.35. The van der Waals surface area contributed by atoms with Crippen molar-refractivity contribution in [3.05, 3.63) is 54.4 Å². The molecule has 8 heteroatoms. The van der Waals surface area contributed by atoms with Crippen molar-refractivity contribution in [3.8, 4) is 0 Å². The number of nitrogens with one attached hydrogen (secondary N) is 1. The summed E-state index contributed by atoms with van der Waals surface area (Å²) in [6.45, 7) is 10.7. The normalized spacial score (nSPS) is 15.5. The van der Waals surface area contributed by atoms with Crippen molar-refractivity contribution < 1.29 is 0 Å². The van der Waals surface area contributed by atoms with Crippen LogP contribution in [0.3, 0.4) is 0 Å². The van der Waals surface area contributed by atoms with Crippen LogP contribution in [0.5, 0.6) is 0 Å². The summed E-state index contributed by atoms with van der Waals surface area (Å²) in [6.07, 6.45) is 4.64. The molecule has 1 aromatic heterocycles. The van der Waals surface area contributed by atoms with Gasteiger partial charge in [0.25, 0.3) is 0 Å². The maximum absolute atomic E-state index is 4.92. The van der Waals surface area contributed by atoms with Gasteiger partial charge in [0.2, 0.25) is 5.95 Å². The molecule has 0 spiro atoms. The molecule has 7 nitrogen and oxygen atoms in total. The zero-order valence-corrected chi connectivity index (χ0v) is 21.3. The predicted molar refractivity (Wildman–Crippen MR) is 139 cm³/mol. The third-order valence-corrected chi connectivity index (χ3v) is 5.58. The Morgan fingerprint density at radius 1 is 1.10 bits per heavy atom. The smallest absolute Gasteiger partial charge is 0.225 e. The quantitative estimate of drug-likeness (QED) is 0.318. The Kier molecular flexibility index (Phi) is 11.0. The van der Waals surface area contributed by atoms with Crippen molar-refractivity contribution >= 4 is 35.9 Å². The number of guanidine groups is 1. The van der Waals surface area contributed by atoms with E-state index in [4.69, 9.17) is 4.99 Å². The first-order valence-electron chi connectivity index (χ1n) is 11.0. The first kappa shape index (κ1) is 25.3. The Balaban J connectivity index is 0.00000341. The summed E-state index contributed by atoms with van der Waals surface area (Å²) in [7, 11) is 2.19. The number of hydrogen-bond acceptors (Lipinski definition) is 5. The number of aliphatic imine (C=N–C) groups is 1. The van der Waals surface area contributed by atoms with Crippen LogP contribution < -0.4 is 10.2 Å². The van der Waals surface area contributed by atoms with Crippen molar-refractivity contribution in [3.63, 3.8) is 0 Å². The first-order valence-corrected chi connectivity index (χ1v) is 11.0. The fourth-order valence-corrected chi connectivity index (χ4v) is 3.60. The third-order valence-electron chi connectivity index (χ3n) is 5.58. The molecule has 0 aliphatic carbocycles. The fraction of sp³-hybridized carbons (Fsp3) is 0.522. The molecule has 31 heavy (non-hydrogen) atoms. The molecule has 0 saturated carbocycles. The lowest BCUT2D eigenvalue weighted by Crippen LogP contribution is -2.53. The molecule has 1 saturated heterocycles. The Morgan fingerprint density at radius 2 is 1.77 bits per heavy atom. The number of rotatable bonds is 8. The minimum Gasteiger partial charge on any atom is -0.357 e. The minimum atomic E-state index is 0. The molecular weight excluding hydrogens is 501 g/mol. The van der Waals surface area contributed by atoms with Crippen LogP contribution in [0.25, 0.3) is 0 Å². The van der Waals surface area contributed by atoms with Crippen LogP contribution in [0.1, 0.15) is 25.8 Å². The molecule has 1 N–H and O–H groups in total. The van der Waals surface area contributed by atoms with E-state index in [9.17, 15) is 0 Å². The van der Waals surface area contributed by atoms with Crippen LogP contribution in [0.2, 0.25) is 0 Å². The van der Waals surface area contributed by atoms with Gasteiger partial charge in [0, 0.05) is 64.2 Å². The maximum atomic E-state index is 4.92. The molecule has 1 fully saturated rings. The van der Waals surface area contributed by atoms with Crippen LogP contribution in [0.15, 0.2) is 53.8 Å². The molecule has 1 unspecified atom stereocenters. The van der Waals surface area contributed by atoms with Gasteiger partial charge in [0.15, 0.2) is 5.96 Å². The van der Waals surface area contributed by atoms with Gasteiger partial charge in [-0.15, -0.1) is 24.0 Å². The Hall–Kier alpha value is -1.94. The van der Waals surface area contributed by atoms with E-state index in [0.29, 0.717) is 6.04 Å². The molecule has 170 valence electrons. The van der Waals surface area contributed by atoms with E-state index in [-0.39, 0.29) is 24.0 Å². The number of halogens is 1. The average Bonchev–Trinajstić information content (AvgIpc) is 2.80. The van der Waals surface area contributed by atoms with Gasteiger partial charge in [0.1, 0.15) is 0 Å². The van der Waals surface area contributed by atoms with Crippen LogP contribution in [0.4, 0.5) is 5.95 Å². The van der Waals surface area contributed by atoms with E-state index in [1.54, 1.807) is 12.4 Å². The molecule has 0 bridgehead atoms. The second-order valence-corrected chi connectivity index (χ2v) is 7.80. The second-order valence-electron chi connectivity index (χ2n) is 7.80. The predicted octanol–water partition coefficient (Wildman–Crippen LogP) is 3.09. The van der Waals surface area contributed by atoms with E-state index < -0.39 is 0 Å². The van der Waals surface area contributed by atoms with Gasteiger partial charge in [0.05, 0.1) is 0 Å². The number of piperazine rings is 1. The Labute approximate surface area is 204 Å². The molecule has 0 amide bonds. The van der Waals surface area contributed by atoms with Gasteiger partial charge >= 0.3 is 0 Å². The molecule has 0 radical (unpaired) electrons. The van der Waals surface area contributed by atoms with Gasteiger partial charge < -0.3 is 15.1 Å². The standard InChI is InChI=1S/C23H35N7.HI/c1-4-24-22(29-15-17-30(18-16-29)23-25-12-8-13-26-23)27-14-11-20(2)28(3)19-21-9-6-5-7-10-21;/h5-10,12-13,20H,4,11,14-19H2,1-3H3,(H,24,27);1H. The highest BCUT2D eigenvalue weighted by molar-refractivity contribution is 14.0. The Bertz CT molecular complexity index is 764. The highest BCUT2D eigenvalue weighted by atomic mass is 127. The van der Waals surface area contributed by atoms with Crippen molar-refractivity contribution in [1.29, 1.82) is 0 Å². The molecular formula is C23H36IN7.